The van der Waals surface area contributed by atoms with Crippen LogP contribution < -0.4 is 16.0 Å². The van der Waals surface area contributed by atoms with Crippen LogP contribution in [0.4, 0.5) is 20.6 Å². The predicted octanol–water partition coefficient (Wildman–Crippen LogP) is 4.48. The highest BCUT2D eigenvalue weighted by molar-refractivity contribution is 9.10. The van der Waals surface area contributed by atoms with Crippen LogP contribution in [-0.2, 0) is 4.74 Å². The second kappa shape index (κ2) is 9.90. The standard InChI is InChI=1S/C21H25BrFN3O4/c1-12(30-20(29)26-21(2,3)4)18(27)25-15-11-10-14(23)17(22)16(15)19(28)24-13-8-6-5-7-9-13/h5-12,18,25,27H,1-4H3,(H,24,28)(H,26,29)/t12-,18-/m0/s1. The number of amides is 2. The van der Waals surface area contributed by atoms with Gasteiger partial charge in [0, 0.05) is 11.2 Å². The monoisotopic (exact) mass is 481 g/mol. The van der Waals surface area contributed by atoms with Gasteiger partial charge < -0.3 is 25.8 Å². The molecule has 2 amide bonds. The smallest absolute Gasteiger partial charge is 0.407 e. The van der Waals surface area contributed by atoms with Gasteiger partial charge in [0.25, 0.3) is 5.91 Å². The molecule has 2 atom stereocenters. The Morgan fingerprint density at radius 2 is 1.77 bits per heavy atom. The second-order valence-electron chi connectivity index (χ2n) is 7.68. The molecule has 0 bridgehead atoms. The molecule has 2 aromatic rings. The molecule has 0 unspecified atom stereocenters. The normalized spacial score (nSPS) is 13.2. The predicted molar refractivity (Wildman–Crippen MR) is 117 cm³/mol. The Hall–Kier alpha value is -2.65. The first kappa shape index (κ1) is 23.6. The zero-order valence-electron chi connectivity index (χ0n) is 17.1. The number of carbonyl (C=O) groups excluding carboxylic acids is 2. The topological polar surface area (TPSA) is 99.7 Å². The van der Waals surface area contributed by atoms with E-state index in [4.69, 9.17) is 4.74 Å². The molecule has 2 aromatic carbocycles. The number of anilines is 2. The van der Waals surface area contributed by atoms with E-state index in [0.717, 1.165) is 6.07 Å². The summed E-state index contributed by atoms with van der Waals surface area (Å²) in [5, 5.41) is 18.4. The average Bonchev–Trinajstić information content (AvgIpc) is 2.63. The Bertz CT molecular complexity index is 903. The molecule has 4 N–H and O–H groups in total. The number of hydrogen-bond donors (Lipinski definition) is 4. The highest BCUT2D eigenvalue weighted by Crippen LogP contribution is 2.29. The fraction of sp³-hybridized carbons (Fsp3) is 0.333. The largest absolute Gasteiger partial charge is 0.442 e. The van der Waals surface area contributed by atoms with Gasteiger partial charge >= 0.3 is 6.09 Å². The molecule has 0 aliphatic rings. The van der Waals surface area contributed by atoms with Crippen molar-refractivity contribution in [2.75, 3.05) is 10.6 Å². The highest BCUT2D eigenvalue weighted by atomic mass is 79.9. The lowest BCUT2D eigenvalue weighted by Crippen LogP contribution is -2.44. The van der Waals surface area contributed by atoms with Crippen LogP contribution in [0.3, 0.4) is 0 Å². The number of alkyl carbamates (subject to hydrolysis) is 1. The Morgan fingerprint density at radius 1 is 1.13 bits per heavy atom. The van der Waals surface area contributed by atoms with E-state index in [-0.39, 0.29) is 15.7 Å². The number of para-hydroxylation sites is 1. The van der Waals surface area contributed by atoms with Gasteiger partial charge in [0.05, 0.1) is 15.7 Å². The first-order chi connectivity index (χ1) is 14.0. The summed E-state index contributed by atoms with van der Waals surface area (Å²) in [5.74, 6) is -1.22. The van der Waals surface area contributed by atoms with E-state index in [2.05, 4.69) is 31.9 Å². The van der Waals surface area contributed by atoms with Gasteiger partial charge in [-0.3, -0.25) is 4.79 Å². The van der Waals surface area contributed by atoms with Gasteiger partial charge in [0.15, 0.2) is 6.23 Å². The Balaban J connectivity index is 2.18. The zero-order chi connectivity index (χ0) is 22.5. The molecule has 30 heavy (non-hydrogen) atoms. The third kappa shape index (κ3) is 6.70. The van der Waals surface area contributed by atoms with Gasteiger partial charge in [-0.05, 0) is 67.9 Å². The van der Waals surface area contributed by atoms with Gasteiger partial charge in [0.1, 0.15) is 11.9 Å². The lowest BCUT2D eigenvalue weighted by Gasteiger charge is -2.25. The summed E-state index contributed by atoms with van der Waals surface area (Å²) in [6.45, 7) is 6.87. The van der Waals surface area contributed by atoms with Gasteiger partial charge in [-0.1, -0.05) is 18.2 Å². The van der Waals surface area contributed by atoms with Crippen molar-refractivity contribution >= 4 is 39.3 Å². The van der Waals surface area contributed by atoms with Crippen LogP contribution >= 0.6 is 15.9 Å². The highest BCUT2D eigenvalue weighted by Gasteiger charge is 2.25. The average molecular weight is 482 g/mol. The number of rotatable bonds is 6. The van der Waals surface area contributed by atoms with Crippen molar-refractivity contribution in [3.8, 4) is 0 Å². The summed E-state index contributed by atoms with van der Waals surface area (Å²) in [6, 6.07) is 11.2. The van der Waals surface area contributed by atoms with Gasteiger partial charge in [0.2, 0.25) is 0 Å². The van der Waals surface area contributed by atoms with E-state index in [9.17, 15) is 19.1 Å². The van der Waals surface area contributed by atoms with Crippen molar-refractivity contribution < 1.29 is 23.8 Å². The van der Waals surface area contributed by atoms with Crippen LogP contribution in [0.15, 0.2) is 46.9 Å². The fourth-order valence-electron chi connectivity index (χ4n) is 2.45. The van der Waals surface area contributed by atoms with Crippen LogP contribution in [0.25, 0.3) is 0 Å². The zero-order valence-corrected chi connectivity index (χ0v) is 18.7. The summed E-state index contributed by atoms with van der Waals surface area (Å²) < 4.78 is 19.2. The minimum Gasteiger partial charge on any atom is -0.442 e. The lowest BCUT2D eigenvalue weighted by molar-refractivity contribution is 0.0241. The molecule has 0 radical (unpaired) electrons. The van der Waals surface area contributed by atoms with Crippen LogP contribution in [0.2, 0.25) is 0 Å². The van der Waals surface area contributed by atoms with E-state index in [1.807, 2.05) is 0 Å². The summed E-state index contributed by atoms with van der Waals surface area (Å²) in [4.78, 5) is 24.7. The number of benzene rings is 2. The lowest BCUT2D eigenvalue weighted by atomic mass is 10.1. The Morgan fingerprint density at radius 3 is 2.37 bits per heavy atom. The molecule has 0 saturated heterocycles. The molecule has 0 spiro atoms. The van der Waals surface area contributed by atoms with Gasteiger partial charge in [-0.25, -0.2) is 9.18 Å². The third-order valence-electron chi connectivity index (χ3n) is 3.87. The van der Waals surface area contributed by atoms with E-state index in [0.29, 0.717) is 5.69 Å². The number of hydrogen-bond acceptors (Lipinski definition) is 5. The number of nitrogens with one attached hydrogen (secondary N) is 3. The van der Waals surface area contributed by atoms with Crippen LogP contribution in [0.5, 0.6) is 0 Å². The van der Waals surface area contributed by atoms with Gasteiger partial charge in [-0.2, -0.15) is 0 Å². The molecule has 0 aliphatic heterocycles. The maximum atomic E-state index is 14.1. The van der Waals surface area contributed by atoms with E-state index in [1.54, 1.807) is 51.1 Å². The quantitative estimate of drug-likeness (QED) is 0.455. The molecule has 7 nitrogen and oxygen atoms in total. The molecule has 0 heterocycles. The summed E-state index contributed by atoms with van der Waals surface area (Å²) in [5.41, 5.74) is 0.153. The summed E-state index contributed by atoms with van der Waals surface area (Å²) in [7, 11) is 0. The number of aliphatic hydroxyl groups is 1. The molecule has 0 saturated carbocycles. The SMILES string of the molecule is C[C@H](OC(=O)NC(C)(C)C)[C@H](O)Nc1ccc(F)c(Br)c1C(=O)Nc1ccccc1. The second-order valence-corrected chi connectivity index (χ2v) is 8.47. The van der Waals surface area contributed by atoms with Crippen molar-refractivity contribution in [1.82, 2.24) is 5.32 Å². The summed E-state index contributed by atoms with van der Waals surface area (Å²) >= 11 is 3.09. The molecule has 162 valence electrons. The number of carbonyl (C=O) groups is 2. The number of aliphatic hydroxyl groups excluding tert-OH is 1. The minimum absolute atomic E-state index is 0.0377. The van der Waals surface area contributed by atoms with Crippen molar-refractivity contribution in [1.29, 1.82) is 0 Å². The molecule has 0 aromatic heterocycles. The van der Waals surface area contributed by atoms with Crippen molar-refractivity contribution in [2.45, 2.75) is 45.6 Å². The number of halogens is 2. The molecule has 9 heteroatoms. The first-order valence-electron chi connectivity index (χ1n) is 9.25. The molecule has 0 aliphatic carbocycles. The first-order valence-corrected chi connectivity index (χ1v) is 10.0. The third-order valence-corrected chi connectivity index (χ3v) is 4.65. The Kier molecular flexibility index (Phi) is 7.80. The van der Waals surface area contributed by atoms with Crippen molar-refractivity contribution in [3.63, 3.8) is 0 Å². The van der Waals surface area contributed by atoms with Crippen LogP contribution in [-0.4, -0.2) is 35.0 Å². The maximum absolute atomic E-state index is 14.1. The van der Waals surface area contributed by atoms with E-state index >= 15 is 0 Å². The van der Waals surface area contributed by atoms with E-state index in [1.165, 1.54) is 13.0 Å². The van der Waals surface area contributed by atoms with Crippen LogP contribution in [0, 0.1) is 5.82 Å². The Labute approximate surface area is 183 Å². The molecular formula is C21H25BrFN3O4. The molecular weight excluding hydrogens is 457 g/mol. The van der Waals surface area contributed by atoms with Gasteiger partial charge in [-0.15, -0.1) is 0 Å². The van der Waals surface area contributed by atoms with E-state index < -0.39 is 35.7 Å². The molecule has 0 fully saturated rings. The minimum atomic E-state index is -1.35. The molecule has 2 rings (SSSR count). The number of ether oxygens (including phenoxy) is 1. The fourth-order valence-corrected chi connectivity index (χ4v) is 2.98. The summed E-state index contributed by atoms with van der Waals surface area (Å²) in [6.07, 6.45) is -3.00. The maximum Gasteiger partial charge on any atom is 0.407 e. The van der Waals surface area contributed by atoms with Crippen molar-refractivity contribution in [3.05, 3.63) is 58.3 Å². The van der Waals surface area contributed by atoms with Crippen LogP contribution in [0.1, 0.15) is 38.1 Å². The van der Waals surface area contributed by atoms with Crippen molar-refractivity contribution in [2.24, 2.45) is 0 Å².